The summed E-state index contributed by atoms with van der Waals surface area (Å²) in [6.07, 6.45) is -0.743. The van der Waals surface area contributed by atoms with E-state index in [1.807, 2.05) is 44.2 Å². The second-order valence-electron chi connectivity index (χ2n) is 5.54. The summed E-state index contributed by atoms with van der Waals surface area (Å²) in [6.45, 7) is 4.23. The van der Waals surface area contributed by atoms with Gasteiger partial charge in [0.15, 0.2) is 0 Å². The number of aliphatic hydroxyl groups excluding tert-OH is 1. The standard InChI is InChI=1S/C19H24N2O3/c1-4-21(14(2)18(22)15-8-6-5-7-9-15)19(23)20-16-10-12-17(24-3)13-11-16/h5-14,18,22H,4H2,1-3H3,(H,20,23)/t14-,18+/m0/s1. The number of methoxy groups -OCH3 is 1. The number of rotatable bonds is 6. The van der Waals surface area contributed by atoms with Crippen LogP contribution in [0.3, 0.4) is 0 Å². The molecular weight excluding hydrogens is 304 g/mol. The average Bonchev–Trinajstić information content (AvgIpc) is 2.63. The predicted octanol–water partition coefficient (Wildman–Crippen LogP) is 3.67. The number of carbonyl (C=O) groups excluding carboxylic acids is 1. The zero-order chi connectivity index (χ0) is 17.5. The van der Waals surface area contributed by atoms with Crippen LogP contribution in [0.1, 0.15) is 25.5 Å². The summed E-state index contributed by atoms with van der Waals surface area (Å²) in [5, 5.41) is 13.4. The minimum absolute atomic E-state index is 0.245. The van der Waals surface area contributed by atoms with Crippen molar-refractivity contribution in [2.45, 2.75) is 26.0 Å². The second kappa shape index (κ2) is 8.36. The van der Waals surface area contributed by atoms with Crippen molar-refractivity contribution in [2.75, 3.05) is 19.0 Å². The first kappa shape index (κ1) is 17.8. The number of anilines is 1. The molecule has 0 aliphatic carbocycles. The van der Waals surface area contributed by atoms with Crippen LogP contribution in [0.25, 0.3) is 0 Å². The van der Waals surface area contributed by atoms with Crippen LogP contribution in [-0.2, 0) is 0 Å². The van der Waals surface area contributed by atoms with Crippen molar-refractivity contribution in [3.05, 3.63) is 60.2 Å². The Balaban J connectivity index is 2.06. The van der Waals surface area contributed by atoms with Gasteiger partial charge in [-0.1, -0.05) is 30.3 Å². The minimum atomic E-state index is -0.743. The molecular formula is C19H24N2O3. The molecule has 0 aromatic heterocycles. The largest absolute Gasteiger partial charge is 0.497 e. The first-order valence-electron chi connectivity index (χ1n) is 8.01. The van der Waals surface area contributed by atoms with E-state index in [9.17, 15) is 9.90 Å². The van der Waals surface area contributed by atoms with Crippen molar-refractivity contribution in [1.29, 1.82) is 0 Å². The van der Waals surface area contributed by atoms with Crippen LogP contribution in [0.2, 0.25) is 0 Å². The topological polar surface area (TPSA) is 61.8 Å². The van der Waals surface area contributed by atoms with Gasteiger partial charge >= 0.3 is 6.03 Å². The Bertz CT molecular complexity index is 643. The molecule has 0 fully saturated rings. The maximum atomic E-state index is 12.5. The number of hydrogen-bond donors (Lipinski definition) is 2. The maximum Gasteiger partial charge on any atom is 0.322 e. The van der Waals surface area contributed by atoms with Crippen LogP contribution < -0.4 is 10.1 Å². The normalized spacial score (nSPS) is 13.0. The number of benzene rings is 2. The molecule has 0 bridgehead atoms. The highest BCUT2D eigenvalue weighted by Gasteiger charge is 2.25. The predicted molar refractivity (Wildman–Crippen MR) is 95.3 cm³/mol. The zero-order valence-corrected chi connectivity index (χ0v) is 14.3. The number of nitrogens with one attached hydrogen (secondary N) is 1. The van der Waals surface area contributed by atoms with Crippen LogP contribution in [0.4, 0.5) is 10.5 Å². The Hall–Kier alpha value is -2.53. The lowest BCUT2D eigenvalue weighted by Crippen LogP contribution is -2.44. The number of aliphatic hydroxyl groups is 1. The SMILES string of the molecule is CCN(C(=O)Nc1ccc(OC)cc1)[C@@H](C)[C@@H](O)c1ccccc1. The molecule has 0 saturated carbocycles. The van der Waals surface area contributed by atoms with E-state index in [0.717, 1.165) is 11.3 Å². The van der Waals surface area contributed by atoms with Crippen LogP contribution >= 0.6 is 0 Å². The number of likely N-dealkylation sites (N-methyl/N-ethyl adjacent to an activating group) is 1. The second-order valence-corrected chi connectivity index (χ2v) is 5.54. The van der Waals surface area contributed by atoms with Crippen molar-refractivity contribution in [3.63, 3.8) is 0 Å². The van der Waals surface area contributed by atoms with Crippen molar-refractivity contribution >= 4 is 11.7 Å². The van der Waals surface area contributed by atoms with Gasteiger partial charge in [0.05, 0.1) is 19.3 Å². The van der Waals surface area contributed by atoms with Crippen molar-refractivity contribution in [3.8, 4) is 5.75 Å². The molecule has 0 radical (unpaired) electrons. The Kier molecular flexibility index (Phi) is 6.21. The van der Waals surface area contributed by atoms with Gasteiger partial charge in [-0.05, 0) is 43.7 Å². The van der Waals surface area contributed by atoms with E-state index < -0.39 is 6.10 Å². The van der Waals surface area contributed by atoms with Gasteiger partial charge in [-0.3, -0.25) is 0 Å². The molecule has 2 N–H and O–H groups in total. The number of nitrogens with zero attached hydrogens (tertiary/aromatic N) is 1. The monoisotopic (exact) mass is 328 g/mol. The number of carbonyl (C=O) groups is 1. The van der Waals surface area contributed by atoms with Gasteiger partial charge in [0.1, 0.15) is 5.75 Å². The fraction of sp³-hybridized carbons (Fsp3) is 0.316. The lowest BCUT2D eigenvalue weighted by molar-refractivity contribution is 0.0804. The molecule has 2 atom stereocenters. The van der Waals surface area contributed by atoms with Crippen LogP contribution in [0.5, 0.6) is 5.75 Å². The van der Waals surface area contributed by atoms with Gasteiger partial charge in [0, 0.05) is 12.2 Å². The summed E-state index contributed by atoms with van der Waals surface area (Å²) < 4.78 is 5.11. The summed E-state index contributed by atoms with van der Waals surface area (Å²) in [4.78, 5) is 14.2. The molecule has 2 aromatic carbocycles. The number of ether oxygens (including phenoxy) is 1. The fourth-order valence-corrected chi connectivity index (χ4v) is 2.59. The van der Waals surface area contributed by atoms with Crippen molar-refractivity contribution < 1.29 is 14.6 Å². The van der Waals surface area contributed by atoms with Crippen molar-refractivity contribution in [2.24, 2.45) is 0 Å². The van der Waals surface area contributed by atoms with Crippen LogP contribution in [0.15, 0.2) is 54.6 Å². The third kappa shape index (κ3) is 4.26. The highest BCUT2D eigenvalue weighted by molar-refractivity contribution is 5.89. The minimum Gasteiger partial charge on any atom is -0.497 e. The van der Waals surface area contributed by atoms with Crippen LogP contribution in [-0.4, -0.2) is 35.7 Å². The van der Waals surface area contributed by atoms with E-state index in [1.54, 1.807) is 36.3 Å². The van der Waals surface area contributed by atoms with E-state index in [0.29, 0.717) is 12.2 Å². The summed E-state index contributed by atoms with van der Waals surface area (Å²) in [5.74, 6) is 0.730. The summed E-state index contributed by atoms with van der Waals surface area (Å²) >= 11 is 0. The zero-order valence-electron chi connectivity index (χ0n) is 14.3. The molecule has 2 rings (SSSR count). The molecule has 24 heavy (non-hydrogen) atoms. The van der Waals surface area contributed by atoms with E-state index in [2.05, 4.69) is 5.32 Å². The first-order chi connectivity index (χ1) is 11.6. The quantitative estimate of drug-likeness (QED) is 0.850. The lowest BCUT2D eigenvalue weighted by Gasteiger charge is -2.31. The molecule has 0 heterocycles. The Labute approximate surface area is 142 Å². The third-order valence-corrected chi connectivity index (χ3v) is 4.03. The smallest absolute Gasteiger partial charge is 0.322 e. The molecule has 0 saturated heterocycles. The molecule has 128 valence electrons. The third-order valence-electron chi connectivity index (χ3n) is 4.03. The van der Waals surface area contributed by atoms with E-state index in [4.69, 9.17) is 4.74 Å². The molecule has 5 nitrogen and oxygen atoms in total. The Morgan fingerprint density at radius 3 is 2.33 bits per heavy atom. The van der Waals surface area contributed by atoms with Gasteiger partial charge in [-0.2, -0.15) is 0 Å². The molecule has 0 aliphatic rings. The maximum absolute atomic E-state index is 12.5. The van der Waals surface area contributed by atoms with E-state index in [1.165, 1.54) is 0 Å². The molecule has 2 amide bonds. The lowest BCUT2D eigenvalue weighted by atomic mass is 10.0. The van der Waals surface area contributed by atoms with Gasteiger partial charge < -0.3 is 20.1 Å². The molecule has 2 aromatic rings. The number of hydrogen-bond acceptors (Lipinski definition) is 3. The first-order valence-corrected chi connectivity index (χ1v) is 8.01. The van der Waals surface area contributed by atoms with E-state index >= 15 is 0 Å². The van der Waals surface area contributed by atoms with Gasteiger partial charge in [-0.15, -0.1) is 0 Å². The molecule has 0 unspecified atom stereocenters. The highest BCUT2D eigenvalue weighted by atomic mass is 16.5. The van der Waals surface area contributed by atoms with Gasteiger partial charge in [0.25, 0.3) is 0 Å². The average molecular weight is 328 g/mol. The highest BCUT2D eigenvalue weighted by Crippen LogP contribution is 2.22. The fourth-order valence-electron chi connectivity index (χ4n) is 2.59. The van der Waals surface area contributed by atoms with E-state index in [-0.39, 0.29) is 12.1 Å². The summed E-state index contributed by atoms with van der Waals surface area (Å²) in [6, 6.07) is 15.9. The van der Waals surface area contributed by atoms with Crippen LogP contribution in [0, 0.1) is 0 Å². The number of amides is 2. The van der Waals surface area contributed by atoms with Gasteiger partial charge in [0.2, 0.25) is 0 Å². The molecule has 0 spiro atoms. The molecule has 5 heteroatoms. The summed E-state index contributed by atoms with van der Waals surface area (Å²) in [5.41, 5.74) is 1.47. The van der Waals surface area contributed by atoms with Crippen molar-refractivity contribution in [1.82, 2.24) is 4.90 Å². The Morgan fingerprint density at radius 2 is 1.79 bits per heavy atom. The summed E-state index contributed by atoms with van der Waals surface area (Å²) in [7, 11) is 1.60. The number of urea groups is 1. The van der Waals surface area contributed by atoms with Gasteiger partial charge in [-0.25, -0.2) is 4.79 Å². The Morgan fingerprint density at radius 1 is 1.17 bits per heavy atom. The molecule has 0 aliphatic heterocycles.